The van der Waals surface area contributed by atoms with Crippen LogP contribution in [0, 0.1) is 0 Å². The molecule has 1 N–H and O–H groups in total. The van der Waals surface area contributed by atoms with E-state index in [1.165, 1.54) is 26.7 Å². The van der Waals surface area contributed by atoms with Gasteiger partial charge in [-0.05, 0) is 36.9 Å². The van der Waals surface area contributed by atoms with E-state index in [4.69, 9.17) is 13.9 Å². The molecule has 0 fully saturated rings. The lowest BCUT2D eigenvalue weighted by atomic mass is 9.99. The van der Waals surface area contributed by atoms with Crippen molar-refractivity contribution in [3.8, 4) is 16.9 Å². The van der Waals surface area contributed by atoms with Gasteiger partial charge in [0.15, 0.2) is 9.84 Å². The van der Waals surface area contributed by atoms with Gasteiger partial charge in [-0.1, -0.05) is 38.1 Å². The highest BCUT2D eigenvalue weighted by molar-refractivity contribution is 7.90. The Kier molecular flexibility index (Phi) is 8.95. The lowest BCUT2D eigenvalue weighted by Crippen LogP contribution is -2.28. The van der Waals surface area contributed by atoms with Crippen LogP contribution in [0.2, 0.25) is 0 Å². The minimum atomic E-state index is -3.82. The molecule has 0 spiro atoms. The first kappa shape index (κ1) is 26.3. The molecule has 2 aromatic carbocycles. The topological polar surface area (TPSA) is 98.1 Å². The van der Waals surface area contributed by atoms with E-state index in [1.807, 2.05) is 0 Å². The molecule has 0 aliphatic carbocycles. The second-order valence-electron chi connectivity index (χ2n) is 7.89. The average molecular weight is 501 g/mol. The lowest BCUT2D eigenvalue weighted by Gasteiger charge is -2.20. The first-order chi connectivity index (χ1) is 16.9. The zero-order chi connectivity index (χ0) is 25.4. The number of sulfone groups is 1. The van der Waals surface area contributed by atoms with Crippen LogP contribution in [0.4, 0.5) is 5.69 Å². The van der Waals surface area contributed by atoms with Crippen LogP contribution in [0.5, 0.6) is 5.75 Å². The van der Waals surface area contributed by atoms with Crippen LogP contribution in [0.1, 0.15) is 29.8 Å². The molecule has 188 valence electrons. The summed E-state index contributed by atoms with van der Waals surface area (Å²) < 4.78 is 42.8. The number of hydrogen-bond acceptors (Lipinski definition) is 8. The van der Waals surface area contributed by atoms with Gasteiger partial charge in [-0.3, -0.25) is 0 Å². The van der Waals surface area contributed by atoms with Crippen LogP contribution in [0.25, 0.3) is 11.1 Å². The highest BCUT2D eigenvalue weighted by atomic mass is 32.2. The molecule has 0 saturated carbocycles. The Labute approximate surface area is 206 Å². The first-order valence-corrected chi connectivity index (χ1v) is 13.1. The summed E-state index contributed by atoms with van der Waals surface area (Å²) in [7, 11) is -1.14. The summed E-state index contributed by atoms with van der Waals surface area (Å²) in [4.78, 5) is 15.2. The molecule has 0 bridgehead atoms. The number of ether oxygens (including phenoxy) is 2. The van der Waals surface area contributed by atoms with Crippen LogP contribution in [0.15, 0.2) is 64.3 Å². The number of hydrogen-bond donors (Lipinski definition) is 1. The molecular formula is C26H32N2O6S. The molecule has 0 saturated heterocycles. The van der Waals surface area contributed by atoms with Crippen molar-refractivity contribution in [2.45, 2.75) is 24.5 Å². The molecule has 9 heteroatoms. The monoisotopic (exact) mass is 500 g/mol. The highest BCUT2D eigenvalue weighted by Crippen LogP contribution is 2.37. The molecule has 0 atom stereocenters. The predicted octanol–water partition coefficient (Wildman–Crippen LogP) is 4.47. The number of likely N-dealkylation sites (N-methyl/N-ethyl adjacent to an activating group) is 1. The van der Waals surface area contributed by atoms with E-state index in [0.29, 0.717) is 28.9 Å². The molecule has 3 aromatic rings. The summed E-state index contributed by atoms with van der Waals surface area (Å²) >= 11 is 0. The quantitative estimate of drug-likeness (QED) is 0.364. The van der Waals surface area contributed by atoms with E-state index in [-0.39, 0.29) is 16.2 Å². The van der Waals surface area contributed by atoms with E-state index in [9.17, 15) is 13.2 Å². The average Bonchev–Trinajstić information content (AvgIpc) is 3.40. The Bertz CT molecular complexity index is 1230. The van der Waals surface area contributed by atoms with Crippen molar-refractivity contribution in [1.29, 1.82) is 0 Å². The summed E-state index contributed by atoms with van der Waals surface area (Å²) in [5.74, 6) is -0.839. The van der Waals surface area contributed by atoms with Crippen molar-refractivity contribution in [2.75, 3.05) is 45.7 Å². The van der Waals surface area contributed by atoms with Crippen LogP contribution in [-0.4, -0.2) is 59.7 Å². The van der Waals surface area contributed by atoms with Crippen LogP contribution >= 0.6 is 0 Å². The SMILES string of the molecule is CCN(CC)CCNc1ccccc1S(=O)(=O)Cc1ccc(-c2ccoc2)c(OC)c1C(=O)OC. The fourth-order valence-electron chi connectivity index (χ4n) is 3.98. The zero-order valence-corrected chi connectivity index (χ0v) is 21.4. The number of benzene rings is 2. The third-order valence-corrected chi connectivity index (χ3v) is 7.59. The predicted molar refractivity (Wildman–Crippen MR) is 136 cm³/mol. The fourth-order valence-corrected chi connectivity index (χ4v) is 5.55. The normalized spacial score (nSPS) is 11.5. The molecule has 3 rings (SSSR count). The highest BCUT2D eigenvalue weighted by Gasteiger charge is 2.27. The number of nitrogens with one attached hydrogen (secondary N) is 1. The van der Waals surface area contributed by atoms with Gasteiger partial charge in [0.2, 0.25) is 0 Å². The number of furan rings is 1. The van der Waals surface area contributed by atoms with Gasteiger partial charge in [0.05, 0.1) is 43.1 Å². The number of esters is 1. The lowest BCUT2D eigenvalue weighted by molar-refractivity contribution is 0.0596. The first-order valence-electron chi connectivity index (χ1n) is 11.4. The largest absolute Gasteiger partial charge is 0.495 e. The van der Waals surface area contributed by atoms with Gasteiger partial charge >= 0.3 is 5.97 Å². The third-order valence-electron chi connectivity index (χ3n) is 5.88. The molecule has 0 aliphatic heterocycles. The van der Waals surface area contributed by atoms with Crippen molar-refractivity contribution >= 4 is 21.5 Å². The number of methoxy groups -OCH3 is 2. The summed E-state index contributed by atoms with van der Waals surface area (Å²) in [6, 6.07) is 11.9. The smallest absolute Gasteiger partial charge is 0.341 e. The number of para-hydroxylation sites is 1. The number of anilines is 1. The summed E-state index contributed by atoms with van der Waals surface area (Å²) in [5.41, 5.74) is 2.19. The van der Waals surface area contributed by atoms with Gasteiger partial charge in [-0.25, -0.2) is 13.2 Å². The Morgan fingerprint density at radius 1 is 1.06 bits per heavy atom. The van der Waals surface area contributed by atoms with E-state index in [0.717, 1.165) is 19.6 Å². The Morgan fingerprint density at radius 2 is 1.80 bits per heavy atom. The zero-order valence-electron chi connectivity index (χ0n) is 20.5. The molecular weight excluding hydrogens is 468 g/mol. The van der Waals surface area contributed by atoms with Gasteiger partial charge in [0.1, 0.15) is 11.3 Å². The summed E-state index contributed by atoms with van der Waals surface area (Å²) in [5, 5.41) is 3.26. The second kappa shape index (κ2) is 11.9. The molecule has 35 heavy (non-hydrogen) atoms. The Hall–Kier alpha value is -3.30. The van der Waals surface area contributed by atoms with E-state index < -0.39 is 21.6 Å². The fraction of sp³-hybridized carbons (Fsp3) is 0.346. The van der Waals surface area contributed by atoms with Gasteiger partial charge in [-0.15, -0.1) is 0 Å². The molecule has 0 amide bonds. The van der Waals surface area contributed by atoms with Gasteiger partial charge in [-0.2, -0.15) is 0 Å². The maximum Gasteiger partial charge on any atom is 0.341 e. The van der Waals surface area contributed by atoms with Crippen molar-refractivity contribution in [1.82, 2.24) is 4.90 Å². The third kappa shape index (κ3) is 6.04. The maximum atomic E-state index is 13.5. The van der Waals surface area contributed by atoms with Crippen LogP contribution in [-0.2, 0) is 20.3 Å². The number of rotatable bonds is 12. The molecule has 0 radical (unpaired) electrons. The number of carbonyl (C=O) groups excluding carboxylic acids is 1. The molecule has 0 unspecified atom stereocenters. The maximum absolute atomic E-state index is 13.5. The van der Waals surface area contributed by atoms with E-state index in [2.05, 4.69) is 24.1 Å². The summed E-state index contributed by atoms with van der Waals surface area (Å²) in [6.45, 7) is 7.42. The van der Waals surface area contributed by atoms with Gasteiger partial charge in [0.25, 0.3) is 0 Å². The molecule has 1 heterocycles. The number of nitrogens with zero attached hydrogens (tertiary/aromatic N) is 1. The minimum absolute atomic E-state index is 0.0734. The van der Waals surface area contributed by atoms with Gasteiger partial charge < -0.3 is 24.1 Å². The Balaban J connectivity index is 1.97. The Morgan fingerprint density at radius 3 is 2.43 bits per heavy atom. The van der Waals surface area contributed by atoms with E-state index >= 15 is 0 Å². The van der Waals surface area contributed by atoms with Crippen molar-refractivity contribution < 1.29 is 27.1 Å². The minimum Gasteiger partial charge on any atom is -0.495 e. The van der Waals surface area contributed by atoms with Crippen molar-refractivity contribution in [2.24, 2.45) is 0 Å². The summed E-state index contributed by atoms with van der Waals surface area (Å²) in [6.07, 6.45) is 3.03. The standard InChI is InChI=1S/C26H32N2O6S/c1-5-28(6-2)15-14-27-22-9-7-8-10-23(22)35(30,31)18-20-11-12-21(19-13-16-34-17-19)25(32-3)24(20)26(29)33-4/h7-13,16-17,27H,5-6,14-15,18H2,1-4H3. The molecule has 0 aliphatic rings. The van der Waals surface area contributed by atoms with Crippen LogP contribution in [0.3, 0.4) is 0 Å². The van der Waals surface area contributed by atoms with E-state index in [1.54, 1.807) is 42.5 Å². The number of carbonyl (C=O) groups is 1. The van der Waals surface area contributed by atoms with Crippen molar-refractivity contribution in [3.63, 3.8) is 0 Å². The molecule has 1 aromatic heterocycles. The van der Waals surface area contributed by atoms with Crippen LogP contribution < -0.4 is 10.1 Å². The van der Waals surface area contributed by atoms with Gasteiger partial charge in [0, 0.05) is 24.2 Å². The second-order valence-corrected chi connectivity index (χ2v) is 9.85. The molecule has 8 nitrogen and oxygen atoms in total. The van der Waals surface area contributed by atoms with Crippen molar-refractivity contribution in [3.05, 3.63) is 66.1 Å².